The molecule has 0 aromatic rings. The normalized spacial score (nSPS) is 46.0. The highest BCUT2D eigenvalue weighted by atomic mass is 16.2. The van der Waals surface area contributed by atoms with Crippen LogP contribution in [0.1, 0.15) is 46.0 Å². The lowest BCUT2D eigenvalue weighted by Crippen LogP contribution is -2.81. The van der Waals surface area contributed by atoms with Crippen molar-refractivity contribution in [3.8, 4) is 0 Å². The molecule has 6 fully saturated rings. The third-order valence-electron chi connectivity index (χ3n) is 8.74. The van der Waals surface area contributed by atoms with Gasteiger partial charge in [-0.05, 0) is 31.1 Å². The van der Waals surface area contributed by atoms with E-state index in [1.54, 1.807) is 16.8 Å². The van der Waals surface area contributed by atoms with Gasteiger partial charge in [0.25, 0.3) is 0 Å². The summed E-state index contributed by atoms with van der Waals surface area (Å²) in [7, 11) is 3.25. The SMILES string of the molecule is CN1C(=O)C[C@@]2(C[C@]34C(=O)N5CCC[C@@]5(C[C@@H]3C2(C)C)C(=O)N4C)C1=O. The van der Waals surface area contributed by atoms with Gasteiger partial charge in [0.05, 0.1) is 5.41 Å². The summed E-state index contributed by atoms with van der Waals surface area (Å²) >= 11 is 0. The third kappa shape index (κ3) is 1.26. The van der Waals surface area contributed by atoms with Crippen LogP contribution in [0.25, 0.3) is 0 Å². The van der Waals surface area contributed by atoms with Gasteiger partial charge in [-0.3, -0.25) is 24.1 Å². The van der Waals surface area contributed by atoms with Crippen molar-refractivity contribution in [2.24, 2.45) is 16.7 Å². The molecule has 26 heavy (non-hydrogen) atoms. The zero-order valence-corrected chi connectivity index (χ0v) is 15.8. The number of likely N-dealkylation sites (N-methyl/N-ethyl adjacent to an activating group) is 1. The van der Waals surface area contributed by atoms with Crippen molar-refractivity contribution < 1.29 is 19.2 Å². The van der Waals surface area contributed by atoms with E-state index in [9.17, 15) is 19.2 Å². The van der Waals surface area contributed by atoms with E-state index in [-0.39, 0.29) is 42.4 Å². The van der Waals surface area contributed by atoms with Crippen LogP contribution in [0.4, 0.5) is 0 Å². The molecule has 5 heterocycles. The fraction of sp³-hybridized carbons (Fsp3) is 0.789. The molecule has 5 aliphatic heterocycles. The summed E-state index contributed by atoms with van der Waals surface area (Å²) in [6.07, 6.45) is 2.56. The first-order valence-corrected chi connectivity index (χ1v) is 9.48. The van der Waals surface area contributed by atoms with Crippen LogP contribution in [0.15, 0.2) is 0 Å². The van der Waals surface area contributed by atoms with E-state index in [1.807, 2.05) is 13.8 Å². The monoisotopic (exact) mass is 359 g/mol. The first kappa shape index (κ1) is 16.3. The lowest BCUT2D eigenvalue weighted by atomic mass is 9.58. The first-order valence-electron chi connectivity index (χ1n) is 9.48. The van der Waals surface area contributed by atoms with E-state index in [4.69, 9.17) is 0 Å². The van der Waals surface area contributed by atoms with Crippen molar-refractivity contribution in [3.63, 3.8) is 0 Å². The van der Waals surface area contributed by atoms with Crippen molar-refractivity contribution in [1.29, 1.82) is 0 Å². The Morgan fingerprint density at radius 3 is 2.31 bits per heavy atom. The van der Waals surface area contributed by atoms with Gasteiger partial charge < -0.3 is 9.80 Å². The van der Waals surface area contributed by atoms with Crippen LogP contribution in [0, 0.1) is 16.7 Å². The van der Waals surface area contributed by atoms with E-state index < -0.39 is 21.9 Å². The van der Waals surface area contributed by atoms with Gasteiger partial charge in [0.2, 0.25) is 23.6 Å². The molecule has 0 aromatic heterocycles. The molecule has 4 atom stereocenters. The van der Waals surface area contributed by atoms with Crippen molar-refractivity contribution in [2.45, 2.75) is 57.0 Å². The maximum absolute atomic E-state index is 13.6. The van der Waals surface area contributed by atoms with Crippen LogP contribution in [0.3, 0.4) is 0 Å². The molecule has 7 nitrogen and oxygen atoms in total. The van der Waals surface area contributed by atoms with Gasteiger partial charge in [-0.15, -0.1) is 0 Å². The van der Waals surface area contributed by atoms with Gasteiger partial charge in [-0.1, -0.05) is 13.8 Å². The fourth-order valence-electron chi connectivity index (χ4n) is 7.18. The number of rotatable bonds is 0. The molecular weight excluding hydrogens is 334 g/mol. The van der Waals surface area contributed by atoms with Crippen molar-refractivity contribution in [2.75, 3.05) is 20.6 Å². The van der Waals surface area contributed by atoms with Crippen LogP contribution in [-0.4, -0.2) is 70.0 Å². The molecule has 0 N–H and O–H groups in total. The minimum Gasteiger partial charge on any atom is -0.329 e. The van der Waals surface area contributed by atoms with Crippen molar-refractivity contribution in [1.82, 2.24) is 14.7 Å². The van der Waals surface area contributed by atoms with Crippen LogP contribution >= 0.6 is 0 Å². The highest BCUT2D eigenvalue weighted by Crippen LogP contribution is 2.71. The molecule has 4 amide bonds. The average Bonchev–Trinajstić information content (AvgIpc) is 3.17. The van der Waals surface area contributed by atoms with Gasteiger partial charge in [0.15, 0.2) is 0 Å². The molecular formula is C19H25N3O4. The third-order valence-corrected chi connectivity index (χ3v) is 8.74. The van der Waals surface area contributed by atoms with Crippen LogP contribution in [0.5, 0.6) is 0 Å². The Balaban J connectivity index is 1.74. The smallest absolute Gasteiger partial charge is 0.249 e. The van der Waals surface area contributed by atoms with Crippen LogP contribution in [-0.2, 0) is 19.2 Å². The first-order chi connectivity index (χ1) is 12.1. The number of hydrogen-bond acceptors (Lipinski definition) is 4. The quantitative estimate of drug-likeness (QED) is 0.586. The van der Waals surface area contributed by atoms with Gasteiger partial charge >= 0.3 is 0 Å². The second-order valence-corrected chi connectivity index (χ2v) is 9.55. The molecule has 0 radical (unpaired) electrons. The second kappa shape index (κ2) is 4.15. The minimum absolute atomic E-state index is 0.00639. The minimum atomic E-state index is -0.992. The van der Waals surface area contributed by atoms with Crippen LogP contribution in [0.2, 0.25) is 0 Å². The molecule has 1 aliphatic carbocycles. The Labute approximate surface area is 152 Å². The zero-order chi connectivity index (χ0) is 18.9. The lowest BCUT2D eigenvalue weighted by molar-refractivity contribution is -0.195. The lowest BCUT2D eigenvalue weighted by Gasteiger charge is -2.62. The Kier molecular flexibility index (Phi) is 2.60. The number of nitrogens with zero attached hydrogens (tertiary/aromatic N) is 3. The summed E-state index contributed by atoms with van der Waals surface area (Å²) in [6.45, 7) is 4.67. The van der Waals surface area contributed by atoms with Crippen molar-refractivity contribution in [3.05, 3.63) is 0 Å². The summed E-state index contributed by atoms with van der Waals surface area (Å²) in [5.74, 6) is -0.474. The number of piperidine rings is 2. The molecule has 2 bridgehead atoms. The largest absolute Gasteiger partial charge is 0.329 e. The maximum Gasteiger partial charge on any atom is 0.249 e. The standard InChI is InChI=1S/C19H25N3O4/c1-16(2)11-8-18-6-5-7-22(18)15(26)19(11,21(4)14(18)25)10-17(16)9-12(23)20(3)13(17)24/h11H,5-10H2,1-4H3/t11-,17-,18-,19-/m1/s1. The summed E-state index contributed by atoms with van der Waals surface area (Å²) in [4.78, 5) is 57.2. The Bertz CT molecular complexity index is 807. The van der Waals surface area contributed by atoms with E-state index in [0.29, 0.717) is 19.4 Å². The molecule has 6 aliphatic rings. The summed E-state index contributed by atoms with van der Waals surface area (Å²) in [5, 5.41) is 0. The predicted octanol–water partition coefficient (Wildman–Crippen LogP) is 0.383. The number of carbonyl (C=O) groups is 4. The molecule has 7 heteroatoms. The topological polar surface area (TPSA) is 78.0 Å². The summed E-state index contributed by atoms with van der Waals surface area (Å²) < 4.78 is 0. The van der Waals surface area contributed by atoms with Gasteiger partial charge in [-0.25, -0.2) is 0 Å². The molecule has 5 saturated heterocycles. The number of carbonyl (C=O) groups excluding carboxylic acids is 4. The van der Waals surface area contributed by atoms with E-state index >= 15 is 0 Å². The number of imide groups is 1. The number of piperazine rings is 1. The molecule has 6 rings (SSSR count). The van der Waals surface area contributed by atoms with Gasteiger partial charge in [0, 0.05) is 33.0 Å². The highest BCUT2D eigenvalue weighted by molar-refractivity contribution is 6.10. The molecule has 0 aromatic carbocycles. The Morgan fingerprint density at radius 1 is 1.00 bits per heavy atom. The van der Waals surface area contributed by atoms with Gasteiger partial charge in [-0.2, -0.15) is 0 Å². The molecule has 140 valence electrons. The van der Waals surface area contributed by atoms with E-state index in [0.717, 1.165) is 6.42 Å². The number of hydrogen-bond donors (Lipinski definition) is 0. The number of likely N-dealkylation sites (tertiary alicyclic amines) is 1. The summed E-state index contributed by atoms with van der Waals surface area (Å²) in [5.41, 5.74) is -3.16. The molecule has 1 saturated carbocycles. The molecule has 3 spiro atoms. The van der Waals surface area contributed by atoms with E-state index in [2.05, 4.69) is 0 Å². The number of amides is 4. The van der Waals surface area contributed by atoms with Crippen molar-refractivity contribution >= 4 is 23.6 Å². The Morgan fingerprint density at radius 2 is 1.69 bits per heavy atom. The van der Waals surface area contributed by atoms with Crippen LogP contribution < -0.4 is 0 Å². The average molecular weight is 359 g/mol. The second-order valence-electron chi connectivity index (χ2n) is 9.55. The predicted molar refractivity (Wildman–Crippen MR) is 90.5 cm³/mol. The Hall–Kier alpha value is -1.92. The number of fused-ring (bicyclic) bond motifs is 1. The van der Waals surface area contributed by atoms with Gasteiger partial charge in [0.1, 0.15) is 11.1 Å². The van der Waals surface area contributed by atoms with E-state index in [1.165, 1.54) is 11.9 Å². The molecule has 0 unspecified atom stereocenters. The highest BCUT2D eigenvalue weighted by Gasteiger charge is 2.82. The maximum atomic E-state index is 13.6. The summed E-state index contributed by atoms with van der Waals surface area (Å²) in [6, 6.07) is 0. The fourth-order valence-corrected chi connectivity index (χ4v) is 7.18. The zero-order valence-electron chi connectivity index (χ0n) is 15.8.